The van der Waals surface area contributed by atoms with Crippen LogP contribution in [0.1, 0.15) is 74.8 Å². The van der Waals surface area contributed by atoms with Crippen molar-refractivity contribution in [2.24, 2.45) is 17.8 Å². The summed E-state index contributed by atoms with van der Waals surface area (Å²) in [5.41, 5.74) is 17.0. The Hall–Kier alpha value is -5.54. The lowest BCUT2D eigenvalue weighted by Gasteiger charge is -2.42. The summed E-state index contributed by atoms with van der Waals surface area (Å²) in [6, 6.07) is 28.1. The highest BCUT2D eigenvalue weighted by Crippen LogP contribution is 2.54. The standard InChI is InChI=1S/C54H50N2O/c1-3-14-35(15-4-1)39-30-40(36-16-5-2-6-17-36)32-41(31-39)55-48-22-10-7-18-42(48)46-33-37(26-28-50(46)55)38-27-29-51-47(34-38)43-19-8-11-23-49(43)56(51)52-24-13-21-45-44-20-9-12-25-53(44)57-54(45)52/h1,3-5,8,10-17,19,21-23,25,27-32,34,37,45-47,51-52,54H,2,6-7,9,18,20,24,26,33H2. The van der Waals surface area contributed by atoms with Crippen LogP contribution in [0.25, 0.3) is 16.7 Å². The highest BCUT2D eigenvalue weighted by Gasteiger charge is 2.49. The molecule has 9 aliphatic rings. The van der Waals surface area contributed by atoms with E-state index in [1.54, 1.807) is 5.57 Å². The first kappa shape index (κ1) is 33.6. The Labute approximate surface area is 337 Å². The number of ether oxygens (including phenoxy) is 1. The molecule has 0 saturated carbocycles. The van der Waals surface area contributed by atoms with Gasteiger partial charge >= 0.3 is 0 Å². The van der Waals surface area contributed by atoms with Gasteiger partial charge in [-0.1, -0.05) is 115 Å². The number of nitrogens with zero attached hydrogens (tertiary/aromatic N) is 2. The van der Waals surface area contributed by atoms with E-state index in [1.807, 2.05) is 0 Å². The Morgan fingerprint density at radius 2 is 1.49 bits per heavy atom. The van der Waals surface area contributed by atoms with E-state index in [2.05, 4.69) is 162 Å². The van der Waals surface area contributed by atoms with Gasteiger partial charge in [-0.3, -0.25) is 0 Å². The highest BCUT2D eigenvalue weighted by atomic mass is 16.5. The minimum absolute atomic E-state index is 0.174. The maximum atomic E-state index is 6.83. The third kappa shape index (κ3) is 5.45. The summed E-state index contributed by atoms with van der Waals surface area (Å²) in [7, 11) is 0. The average Bonchev–Trinajstić information content (AvgIpc) is 3.94. The van der Waals surface area contributed by atoms with Crippen LogP contribution in [0.2, 0.25) is 0 Å². The molecule has 12 rings (SSSR count). The van der Waals surface area contributed by atoms with Gasteiger partial charge in [-0.05, 0) is 145 Å². The van der Waals surface area contributed by atoms with E-state index in [1.165, 1.54) is 68.2 Å². The SMILES string of the molecule is C1=CC(c2cc(-c3ccccc3)cc(N3C4=CCC(C5=CC6c7ccccc7N(C7CC=CC8C9=C(C=CCC9)OC87)C6C=C5)CC4C4=C3C=CCC4)c2)=CCC1. The second kappa shape index (κ2) is 13.5. The van der Waals surface area contributed by atoms with Crippen LogP contribution in [0, 0.1) is 17.8 Å². The fraction of sp³-hybridized carbons (Fsp3) is 0.296. The monoisotopic (exact) mass is 742 g/mol. The molecule has 3 aromatic rings. The molecule has 0 aromatic heterocycles. The van der Waals surface area contributed by atoms with Crippen molar-refractivity contribution >= 4 is 16.9 Å². The van der Waals surface area contributed by atoms with E-state index in [0.717, 1.165) is 57.1 Å². The smallest absolute Gasteiger partial charge is 0.129 e. The summed E-state index contributed by atoms with van der Waals surface area (Å²) >= 11 is 0. The number of rotatable bonds is 5. The van der Waals surface area contributed by atoms with E-state index in [0.29, 0.717) is 35.8 Å². The lowest BCUT2D eigenvalue weighted by Crippen LogP contribution is -2.51. The molecule has 0 amide bonds. The lowest BCUT2D eigenvalue weighted by molar-refractivity contribution is 0.0978. The molecule has 57 heavy (non-hydrogen) atoms. The first-order valence-corrected chi connectivity index (χ1v) is 21.7. The minimum Gasteiger partial charge on any atom is -0.487 e. The molecule has 7 atom stereocenters. The zero-order valence-electron chi connectivity index (χ0n) is 32.6. The van der Waals surface area contributed by atoms with Crippen LogP contribution in [0.15, 0.2) is 186 Å². The summed E-state index contributed by atoms with van der Waals surface area (Å²) in [4.78, 5) is 5.39. The van der Waals surface area contributed by atoms with Gasteiger partial charge < -0.3 is 14.5 Å². The maximum Gasteiger partial charge on any atom is 0.129 e. The zero-order chi connectivity index (χ0) is 37.5. The van der Waals surface area contributed by atoms with Crippen molar-refractivity contribution < 1.29 is 4.74 Å². The van der Waals surface area contributed by atoms with Crippen molar-refractivity contribution in [1.82, 2.24) is 0 Å². The first-order chi connectivity index (χ1) is 28.3. The van der Waals surface area contributed by atoms with Crippen LogP contribution in [0.4, 0.5) is 11.4 Å². The molecule has 6 aliphatic carbocycles. The molecule has 3 heteroatoms. The van der Waals surface area contributed by atoms with Crippen LogP contribution in [-0.2, 0) is 4.74 Å². The number of para-hydroxylation sites is 1. The Balaban J connectivity index is 0.870. The van der Waals surface area contributed by atoms with E-state index in [4.69, 9.17) is 4.74 Å². The average molecular weight is 743 g/mol. The second-order valence-electron chi connectivity index (χ2n) is 17.5. The number of benzene rings is 3. The van der Waals surface area contributed by atoms with E-state index < -0.39 is 0 Å². The van der Waals surface area contributed by atoms with Crippen LogP contribution >= 0.6 is 0 Å². The quantitative estimate of drug-likeness (QED) is 0.242. The molecule has 3 aromatic carbocycles. The number of hydrogen-bond donors (Lipinski definition) is 0. The van der Waals surface area contributed by atoms with Gasteiger partial charge in [-0.25, -0.2) is 0 Å². The van der Waals surface area contributed by atoms with Gasteiger partial charge in [0.05, 0.1) is 12.1 Å². The molecular weight excluding hydrogens is 693 g/mol. The molecule has 282 valence electrons. The van der Waals surface area contributed by atoms with Crippen molar-refractivity contribution in [3.63, 3.8) is 0 Å². The number of allylic oxidation sites excluding steroid dienone is 12. The van der Waals surface area contributed by atoms with Gasteiger partial charge in [0.1, 0.15) is 11.9 Å². The summed E-state index contributed by atoms with van der Waals surface area (Å²) in [5.74, 6) is 2.84. The van der Waals surface area contributed by atoms with E-state index >= 15 is 0 Å². The zero-order valence-corrected chi connectivity index (χ0v) is 32.6. The van der Waals surface area contributed by atoms with Crippen molar-refractivity contribution in [3.8, 4) is 11.1 Å². The normalized spacial score (nSPS) is 30.2. The van der Waals surface area contributed by atoms with Crippen molar-refractivity contribution in [1.29, 1.82) is 0 Å². The van der Waals surface area contributed by atoms with Gasteiger partial charge in [-0.2, -0.15) is 0 Å². The van der Waals surface area contributed by atoms with Crippen LogP contribution in [0.3, 0.4) is 0 Å². The summed E-state index contributed by atoms with van der Waals surface area (Å²) in [5, 5.41) is 0. The third-order valence-electron chi connectivity index (χ3n) is 14.4. The minimum atomic E-state index is 0.174. The predicted molar refractivity (Wildman–Crippen MR) is 234 cm³/mol. The van der Waals surface area contributed by atoms with Gasteiger partial charge in [0.2, 0.25) is 0 Å². The maximum absolute atomic E-state index is 6.83. The Morgan fingerprint density at radius 1 is 0.649 bits per heavy atom. The Kier molecular flexibility index (Phi) is 7.98. The molecule has 3 aliphatic heterocycles. The van der Waals surface area contributed by atoms with E-state index in [9.17, 15) is 0 Å². The lowest BCUT2D eigenvalue weighted by atomic mass is 9.74. The van der Waals surface area contributed by atoms with Crippen molar-refractivity contribution in [2.75, 3.05) is 9.80 Å². The van der Waals surface area contributed by atoms with Gasteiger partial charge in [0.15, 0.2) is 0 Å². The van der Waals surface area contributed by atoms with Gasteiger partial charge in [0.25, 0.3) is 0 Å². The summed E-state index contributed by atoms with van der Waals surface area (Å²) in [6.45, 7) is 0. The van der Waals surface area contributed by atoms with Crippen LogP contribution in [-0.4, -0.2) is 18.2 Å². The van der Waals surface area contributed by atoms with Crippen molar-refractivity contribution in [3.05, 3.63) is 197 Å². The Bertz CT molecular complexity index is 2480. The molecule has 0 saturated heterocycles. The molecule has 0 N–H and O–H groups in total. The molecule has 7 unspecified atom stereocenters. The van der Waals surface area contributed by atoms with E-state index in [-0.39, 0.29) is 6.10 Å². The number of anilines is 2. The molecule has 0 bridgehead atoms. The fourth-order valence-corrected chi connectivity index (χ4v) is 11.9. The largest absolute Gasteiger partial charge is 0.487 e. The molecule has 3 heterocycles. The predicted octanol–water partition coefficient (Wildman–Crippen LogP) is 12.8. The fourth-order valence-electron chi connectivity index (χ4n) is 11.9. The summed E-state index contributed by atoms with van der Waals surface area (Å²) < 4.78 is 6.83. The summed E-state index contributed by atoms with van der Waals surface area (Å²) in [6.07, 6.45) is 41.9. The Morgan fingerprint density at radius 3 is 2.40 bits per heavy atom. The van der Waals surface area contributed by atoms with Crippen LogP contribution < -0.4 is 9.80 Å². The highest BCUT2D eigenvalue weighted by molar-refractivity contribution is 5.84. The second-order valence-corrected chi connectivity index (χ2v) is 17.5. The number of fused-ring (bicyclic) bond motifs is 7. The molecule has 0 fully saturated rings. The topological polar surface area (TPSA) is 15.7 Å². The molecule has 0 spiro atoms. The molecule has 0 radical (unpaired) electrons. The van der Waals surface area contributed by atoms with Gasteiger partial charge in [-0.15, -0.1) is 0 Å². The third-order valence-corrected chi connectivity index (χ3v) is 14.4. The van der Waals surface area contributed by atoms with Crippen LogP contribution in [0.5, 0.6) is 0 Å². The molecular formula is C54H50N2O. The van der Waals surface area contributed by atoms with Crippen molar-refractivity contribution in [2.45, 2.75) is 81.9 Å². The molecule has 3 nitrogen and oxygen atoms in total. The first-order valence-electron chi connectivity index (χ1n) is 21.7. The number of hydrogen-bond acceptors (Lipinski definition) is 3. The van der Waals surface area contributed by atoms with Gasteiger partial charge in [0, 0.05) is 40.5 Å².